The smallest absolute Gasteiger partial charge is 0.417 e. The molecule has 0 aliphatic carbocycles. The average Bonchev–Trinajstić information content (AvgIpc) is 2.28. The van der Waals surface area contributed by atoms with Crippen LogP contribution in [0.1, 0.15) is 20.8 Å². The Labute approximate surface area is 83.3 Å². The van der Waals surface area contributed by atoms with Crippen LogP contribution in [0, 0.1) is 0 Å². The molecule has 2 N–H and O–H groups in total. The SMILES string of the molecule is CC(C)(C)[N+]1(C)CC(C(=O)O)NC1=O. The molecule has 0 aromatic heterocycles. The molecule has 1 aliphatic heterocycles. The van der Waals surface area contributed by atoms with Gasteiger partial charge in [0, 0.05) is 0 Å². The van der Waals surface area contributed by atoms with E-state index in [1.165, 1.54) is 0 Å². The molecule has 80 valence electrons. The summed E-state index contributed by atoms with van der Waals surface area (Å²) < 4.78 is 0.115. The van der Waals surface area contributed by atoms with E-state index in [4.69, 9.17) is 5.11 Å². The van der Waals surface area contributed by atoms with Crippen LogP contribution in [0.15, 0.2) is 0 Å². The Kier molecular flexibility index (Phi) is 2.31. The van der Waals surface area contributed by atoms with Crippen molar-refractivity contribution in [3.05, 3.63) is 0 Å². The molecule has 0 spiro atoms. The number of aliphatic carboxylic acids is 1. The fourth-order valence-corrected chi connectivity index (χ4v) is 1.50. The molecule has 0 saturated carbocycles. The van der Waals surface area contributed by atoms with Gasteiger partial charge in [0.2, 0.25) is 0 Å². The Bertz CT molecular complexity index is 282. The highest BCUT2D eigenvalue weighted by atomic mass is 16.4. The molecule has 5 heteroatoms. The number of hydrogen-bond donors (Lipinski definition) is 2. The molecule has 1 saturated heterocycles. The Morgan fingerprint density at radius 2 is 2.07 bits per heavy atom. The monoisotopic (exact) mass is 201 g/mol. The van der Waals surface area contributed by atoms with Gasteiger partial charge in [-0.05, 0) is 20.8 Å². The van der Waals surface area contributed by atoms with Gasteiger partial charge >= 0.3 is 12.0 Å². The number of likely N-dealkylation sites (N-methyl/N-ethyl adjacent to an activating group) is 1. The van der Waals surface area contributed by atoms with Crippen molar-refractivity contribution in [2.75, 3.05) is 13.6 Å². The van der Waals surface area contributed by atoms with Gasteiger partial charge in [-0.25, -0.2) is 14.1 Å². The number of carbonyl (C=O) groups excluding carboxylic acids is 1. The zero-order valence-corrected chi connectivity index (χ0v) is 9.00. The van der Waals surface area contributed by atoms with Crippen molar-refractivity contribution >= 4 is 12.0 Å². The van der Waals surface area contributed by atoms with Crippen LogP contribution in [0.4, 0.5) is 4.79 Å². The van der Waals surface area contributed by atoms with Crippen molar-refractivity contribution in [1.82, 2.24) is 5.32 Å². The van der Waals surface area contributed by atoms with Gasteiger partial charge in [-0.3, -0.25) is 5.32 Å². The standard InChI is InChI=1S/C9H16N2O3/c1-9(2,3)11(4)5-6(7(12)13)10-8(11)14/h6H,5H2,1-4H3,(H-,10,12,13,14)/p+1. The average molecular weight is 201 g/mol. The van der Waals surface area contributed by atoms with E-state index in [0.29, 0.717) is 6.54 Å². The maximum absolute atomic E-state index is 11.7. The molecule has 14 heavy (non-hydrogen) atoms. The van der Waals surface area contributed by atoms with Crippen molar-refractivity contribution in [3.63, 3.8) is 0 Å². The van der Waals surface area contributed by atoms with Gasteiger partial charge in [-0.15, -0.1) is 0 Å². The quantitative estimate of drug-likeness (QED) is 0.604. The van der Waals surface area contributed by atoms with Crippen molar-refractivity contribution in [1.29, 1.82) is 0 Å². The number of carbonyl (C=O) groups is 2. The molecule has 0 bridgehead atoms. The third-order valence-corrected chi connectivity index (χ3v) is 3.07. The minimum atomic E-state index is -0.968. The first-order chi connectivity index (χ1) is 6.18. The normalized spacial score (nSPS) is 32.9. The lowest BCUT2D eigenvalue weighted by atomic mass is 10.0. The van der Waals surface area contributed by atoms with Crippen LogP contribution in [0.5, 0.6) is 0 Å². The third kappa shape index (κ3) is 1.48. The zero-order chi connectivity index (χ0) is 11.1. The van der Waals surface area contributed by atoms with Crippen LogP contribution in [0.3, 0.4) is 0 Å². The van der Waals surface area contributed by atoms with Gasteiger partial charge in [-0.2, -0.15) is 0 Å². The third-order valence-electron chi connectivity index (χ3n) is 3.07. The second-order valence-corrected chi connectivity index (χ2v) is 4.89. The van der Waals surface area contributed by atoms with E-state index < -0.39 is 12.0 Å². The summed E-state index contributed by atoms with van der Waals surface area (Å²) in [5.41, 5.74) is -0.283. The largest absolute Gasteiger partial charge is 0.480 e. The highest BCUT2D eigenvalue weighted by molar-refractivity contribution is 5.82. The van der Waals surface area contributed by atoms with Gasteiger partial charge in [0.1, 0.15) is 6.54 Å². The second kappa shape index (κ2) is 2.95. The van der Waals surface area contributed by atoms with Crippen LogP contribution in [0.25, 0.3) is 0 Å². The maximum atomic E-state index is 11.7. The Morgan fingerprint density at radius 3 is 2.29 bits per heavy atom. The van der Waals surface area contributed by atoms with Gasteiger partial charge in [0.15, 0.2) is 6.04 Å². The summed E-state index contributed by atoms with van der Waals surface area (Å²) in [6.07, 6.45) is 0. The highest BCUT2D eigenvalue weighted by Crippen LogP contribution is 2.26. The van der Waals surface area contributed by atoms with E-state index in [2.05, 4.69) is 5.32 Å². The number of carboxylic acids is 1. The minimum absolute atomic E-state index is 0.115. The molecular formula is C9H17N2O3+. The Balaban J connectivity index is 2.94. The molecule has 1 aliphatic rings. The van der Waals surface area contributed by atoms with Gasteiger partial charge in [0.25, 0.3) is 0 Å². The molecule has 0 aromatic carbocycles. The molecule has 5 nitrogen and oxygen atoms in total. The van der Waals surface area contributed by atoms with Crippen LogP contribution in [0.2, 0.25) is 0 Å². The first-order valence-corrected chi connectivity index (χ1v) is 4.58. The first kappa shape index (κ1) is 11.0. The molecule has 1 fully saturated rings. The molecule has 2 amide bonds. The summed E-state index contributed by atoms with van der Waals surface area (Å²) in [6, 6.07) is -0.975. The number of rotatable bonds is 1. The van der Waals surface area contributed by atoms with Crippen LogP contribution < -0.4 is 5.32 Å². The number of amides is 2. The zero-order valence-electron chi connectivity index (χ0n) is 9.00. The van der Waals surface area contributed by atoms with Crippen molar-refractivity contribution in [3.8, 4) is 0 Å². The predicted molar refractivity (Wildman–Crippen MR) is 50.8 cm³/mol. The van der Waals surface area contributed by atoms with Gasteiger partial charge < -0.3 is 5.11 Å². The lowest BCUT2D eigenvalue weighted by Crippen LogP contribution is -2.59. The van der Waals surface area contributed by atoms with Crippen LogP contribution in [-0.4, -0.2) is 46.8 Å². The van der Waals surface area contributed by atoms with Crippen molar-refractivity contribution in [2.45, 2.75) is 32.4 Å². The number of hydrogen-bond acceptors (Lipinski definition) is 2. The number of urea groups is 1. The topological polar surface area (TPSA) is 66.4 Å². The summed E-state index contributed by atoms with van der Waals surface area (Å²) in [5.74, 6) is -0.968. The molecule has 2 unspecified atom stereocenters. The number of nitrogens with zero attached hydrogens (tertiary/aromatic N) is 1. The van der Waals surface area contributed by atoms with Crippen LogP contribution >= 0.6 is 0 Å². The van der Waals surface area contributed by atoms with Crippen LogP contribution in [-0.2, 0) is 4.79 Å². The molecule has 0 radical (unpaired) electrons. The molecule has 1 rings (SSSR count). The summed E-state index contributed by atoms with van der Waals surface area (Å²) in [4.78, 5) is 22.4. The molecule has 2 atom stereocenters. The summed E-state index contributed by atoms with van der Waals surface area (Å²) >= 11 is 0. The van der Waals surface area contributed by atoms with Crippen molar-refractivity contribution in [2.24, 2.45) is 0 Å². The maximum Gasteiger partial charge on any atom is 0.417 e. The fraction of sp³-hybridized carbons (Fsp3) is 0.778. The van der Waals surface area contributed by atoms with Crippen molar-refractivity contribution < 1.29 is 19.2 Å². The van der Waals surface area contributed by atoms with E-state index >= 15 is 0 Å². The van der Waals surface area contributed by atoms with E-state index in [-0.39, 0.29) is 16.1 Å². The van der Waals surface area contributed by atoms with Gasteiger partial charge in [-0.1, -0.05) is 0 Å². The number of nitrogens with one attached hydrogen (secondary N) is 1. The summed E-state index contributed by atoms with van der Waals surface area (Å²) in [5, 5.41) is 11.3. The molecule has 1 heterocycles. The van der Waals surface area contributed by atoms with E-state index in [0.717, 1.165) is 0 Å². The lowest BCUT2D eigenvalue weighted by Gasteiger charge is -2.38. The molecular weight excluding hydrogens is 184 g/mol. The Morgan fingerprint density at radius 1 is 1.57 bits per heavy atom. The molecule has 0 aromatic rings. The van der Waals surface area contributed by atoms with E-state index in [1.807, 2.05) is 20.8 Å². The second-order valence-electron chi connectivity index (χ2n) is 4.89. The van der Waals surface area contributed by atoms with E-state index in [1.54, 1.807) is 7.05 Å². The van der Waals surface area contributed by atoms with Gasteiger partial charge in [0.05, 0.1) is 12.6 Å². The highest BCUT2D eigenvalue weighted by Gasteiger charge is 2.52. The lowest BCUT2D eigenvalue weighted by molar-refractivity contribution is -0.870. The first-order valence-electron chi connectivity index (χ1n) is 4.58. The Hall–Kier alpha value is -1.10. The number of carboxylic acid groups (broad SMARTS) is 1. The minimum Gasteiger partial charge on any atom is -0.480 e. The number of quaternary nitrogens is 1. The fourth-order valence-electron chi connectivity index (χ4n) is 1.50. The summed E-state index contributed by atoms with van der Waals surface area (Å²) in [6.45, 7) is 6.09. The van der Waals surface area contributed by atoms with E-state index in [9.17, 15) is 9.59 Å². The summed E-state index contributed by atoms with van der Waals surface area (Å²) in [7, 11) is 1.76. The predicted octanol–water partition coefficient (Wildman–Crippen LogP) is 0.408.